The van der Waals surface area contributed by atoms with E-state index in [-0.39, 0.29) is 11.3 Å². The van der Waals surface area contributed by atoms with Crippen LogP contribution in [-0.4, -0.2) is 66.0 Å². The first-order valence-corrected chi connectivity index (χ1v) is 9.91. The normalized spacial score (nSPS) is 22.1. The Kier molecular flexibility index (Phi) is 7.47. The number of fused-ring (bicyclic) bond motifs is 1. The van der Waals surface area contributed by atoms with Crippen LogP contribution in [0.1, 0.15) is 16.1 Å². The quantitative estimate of drug-likeness (QED) is 0.750. The van der Waals surface area contributed by atoms with Gasteiger partial charge in [-0.15, -0.1) is 0 Å². The number of hydrogen-bond acceptors (Lipinski definition) is 5. The van der Waals surface area contributed by atoms with Crippen LogP contribution in [0.3, 0.4) is 0 Å². The molecule has 2 atom stereocenters. The number of halogens is 3. The molecule has 0 unspecified atom stereocenters. The summed E-state index contributed by atoms with van der Waals surface area (Å²) < 4.78 is 43.4. The lowest BCUT2D eigenvalue weighted by Crippen LogP contribution is -2.37. The van der Waals surface area contributed by atoms with Gasteiger partial charge < -0.3 is 19.5 Å². The van der Waals surface area contributed by atoms with Gasteiger partial charge in [-0.3, -0.25) is 9.78 Å². The molecule has 0 radical (unpaired) electrons. The van der Waals surface area contributed by atoms with Gasteiger partial charge in [0.1, 0.15) is 0 Å². The maximum Gasteiger partial charge on any atom is 0.490 e. The lowest BCUT2D eigenvalue weighted by Gasteiger charge is -2.26. The van der Waals surface area contributed by atoms with Crippen molar-refractivity contribution in [1.82, 2.24) is 9.88 Å². The number of alkyl halides is 3. The molecule has 2 aromatic rings. The van der Waals surface area contributed by atoms with E-state index in [0.717, 1.165) is 17.8 Å². The van der Waals surface area contributed by atoms with Gasteiger partial charge in [0.25, 0.3) is 5.91 Å². The van der Waals surface area contributed by atoms with Crippen molar-refractivity contribution in [3.05, 3.63) is 66.0 Å². The number of aliphatic carboxylic acids is 1. The van der Waals surface area contributed by atoms with Crippen LogP contribution in [0.5, 0.6) is 0 Å². The Hall–Kier alpha value is -2.98. The average Bonchev–Trinajstić information content (AvgIpc) is 3.32. The molecular weight excluding hydrogens is 429 g/mol. The van der Waals surface area contributed by atoms with Gasteiger partial charge in [0.15, 0.2) is 0 Å². The lowest BCUT2D eigenvalue weighted by atomic mass is 9.82. The summed E-state index contributed by atoms with van der Waals surface area (Å²) in [5.74, 6) is -2.32. The molecule has 2 aliphatic rings. The molecule has 10 heteroatoms. The maximum atomic E-state index is 12.7. The fourth-order valence-electron chi connectivity index (χ4n) is 3.80. The topological polar surface area (TPSA) is 89.0 Å². The summed E-state index contributed by atoms with van der Waals surface area (Å²) in [4.78, 5) is 27.9. The van der Waals surface area contributed by atoms with E-state index in [9.17, 15) is 18.0 Å². The van der Waals surface area contributed by atoms with E-state index >= 15 is 0 Å². The number of amides is 1. The zero-order chi connectivity index (χ0) is 23.2. The molecule has 2 fully saturated rings. The van der Waals surface area contributed by atoms with Gasteiger partial charge in [-0.1, -0.05) is 24.3 Å². The number of ether oxygens (including phenoxy) is 2. The van der Waals surface area contributed by atoms with Gasteiger partial charge in [0, 0.05) is 36.2 Å². The largest absolute Gasteiger partial charge is 0.490 e. The summed E-state index contributed by atoms with van der Waals surface area (Å²) >= 11 is 0. The van der Waals surface area contributed by atoms with Crippen molar-refractivity contribution in [1.29, 1.82) is 0 Å². The average molecular weight is 452 g/mol. The number of hydrogen-bond donors (Lipinski definition) is 1. The first-order chi connectivity index (χ1) is 15.2. The number of carbonyl (C=O) groups excluding carboxylic acids is 1. The van der Waals surface area contributed by atoms with E-state index in [2.05, 4.69) is 4.98 Å². The predicted octanol–water partition coefficient (Wildman–Crippen LogP) is 3.02. The highest BCUT2D eigenvalue weighted by Crippen LogP contribution is 2.42. The van der Waals surface area contributed by atoms with E-state index in [1.165, 1.54) is 0 Å². The van der Waals surface area contributed by atoms with Gasteiger partial charge in [-0.2, -0.15) is 13.2 Å². The molecule has 2 saturated heterocycles. The van der Waals surface area contributed by atoms with Gasteiger partial charge >= 0.3 is 12.1 Å². The van der Waals surface area contributed by atoms with Gasteiger partial charge in [-0.05, 0) is 24.3 Å². The van der Waals surface area contributed by atoms with Crippen LogP contribution < -0.4 is 0 Å². The van der Waals surface area contributed by atoms with Gasteiger partial charge in [-0.25, -0.2) is 4.79 Å². The fraction of sp³-hybridized carbons (Fsp3) is 0.409. The molecule has 0 spiro atoms. The van der Waals surface area contributed by atoms with Crippen molar-refractivity contribution in [3.8, 4) is 0 Å². The fourth-order valence-corrected chi connectivity index (χ4v) is 3.80. The molecule has 2 aliphatic heterocycles. The van der Waals surface area contributed by atoms with Crippen LogP contribution in [0.25, 0.3) is 0 Å². The summed E-state index contributed by atoms with van der Waals surface area (Å²) in [6, 6.07) is 15.3. The number of likely N-dealkylation sites (tertiary alicyclic amines) is 1. The number of nitrogens with zero attached hydrogens (tertiary/aromatic N) is 2. The molecule has 0 bridgehead atoms. The van der Waals surface area contributed by atoms with Crippen LogP contribution in [0.15, 0.2) is 54.7 Å². The molecule has 4 rings (SSSR count). The first-order valence-electron chi connectivity index (χ1n) is 9.91. The Labute approximate surface area is 182 Å². The Morgan fingerprint density at radius 2 is 1.88 bits per heavy atom. The highest BCUT2D eigenvalue weighted by atomic mass is 19.4. The van der Waals surface area contributed by atoms with Gasteiger partial charge in [0.05, 0.1) is 32.1 Å². The number of aromatic nitrogens is 1. The van der Waals surface area contributed by atoms with Crippen molar-refractivity contribution in [2.45, 2.75) is 12.8 Å². The number of carboxylic acids is 1. The highest BCUT2D eigenvalue weighted by Gasteiger charge is 2.52. The molecule has 7 nitrogen and oxygen atoms in total. The molecule has 0 saturated carbocycles. The van der Waals surface area contributed by atoms with Crippen molar-refractivity contribution >= 4 is 11.9 Å². The van der Waals surface area contributed by atoms with Crippen LogP contribution in [0.4, 0.5) is 13.2 Å². The van der Waals surface area contributed by atoms with Crippen LogP contribution in [0.2, 0.25) is 0 Å². The Morgan fingerprint density at radius 3 is 2.50 bits per heavy atom. The van der Waals surface area contributed by atoms with Crippen molar-refractivity contribution in [2.75, 3.05) is 32.9 Å². The van der Waals surface area contributed by atoms with Crippen LogP contribution in [0, 0.1) is 11.3 Å². The Bertz CT molecular complexity index is 911. The van der Waals surface area contributed by atoms with E-state index in [1.54, 1.807) is 6.20 Å². The van der Waals surface area contributed by atoms with Crippen molar-refractivity contribution < 1.29 is 37.3 Å². The third-order valence-electron chi connectivity index (χ3n) is 5.44. The summed E-state index contributed by atoms with van der Waals surface area (Å²) in [7, 11) is 0. The summed E-state index contributed by atoms with van der Waals surface area (Å²) in [6.07, 6.45) is -3.31. The Balaban J connectivity index is 0.000000360. The van der Waals surface area contributed by atoms with E-state index in [0.29, 0.717) is 38.9 Å². The predicted molar refractivity (Wildman–Crippen MR) is 107 cm³/mol. The smallest absolute Gasteiger partial charge is 0.475 e. The zero-order valence-corrected chi connectivity index (χ0v) is 17.1. The minimum absolute atomic E-state index is 0.0964. The minimum atomic E-state index is -5.08. The second-order valence-corrected chi connectivity index (χ2v) is 7.74. The molecule has 3 heterocycles. The maximum absolute atomic E-state index is 12.7. The summed E-state index contributed by atoms with van der Waals surface area (Å²) in [5.41, 5.74) is 1.57. The van der Waals surface area contributed by atoms with Gasteiger partial charge in [0.2, 0.25) is 0 Å². The molecule has 1 aromatic carbocycles. The third-order valence-corrected chi connectivity index (χ3v) is 5.44. The lowest BCUT2D eigenvalue weighted by molar-refractivity contribution is -0.192. The molecule has 1 N–H and O–H groups in total. The first kappa shape index (κ1) is 23.7. The minimum Gasteiger partial charge on any atom is -0.475 e. The standard InChI is InChI=1S/C20H22N2O3.C2HF3O2/c23-19(16-6-2-1-3-7-16)22-10-17-11-24-14-20(17,13-22)15-25-12-18-8-4-5-9-21-18;3-2(4,5)1(6)7/h1-9,17H,10-15H2;(H,6,7)/t17-,20+;/m1./s1. The SMILES string of the molecule is O=C(O)C(F)(F)F.O=C(c1ccccc1)N1C[C@@H]2COC[C@]2(COCc2ccccn2)C1. The van der Waals surface area contributed by atoms with Crippen molar-refractivity contribution in [2.24, 2.45) is 11.3 Å². The molecule has 32 heavy (non-hydrogen) atoms. The zero-order valence-electron chi connectivity index (χ0n) is 17.1. The number of carbonyl (C=O) groups is 2. The second-order valence-electron chi connectivity index (χ2n) is 7.74. The van der Waals surface area contributed by atoms with Crippen molar-refractivity contribution in [3.63, 3.8) is 0 Å². The monoisotopic (exact) mass is 452 g/mol. The van der Waals surface area contributed by atoms with E-state index in [4.69, 9.17) is 19.4 Å². The number of carboxylic acid groups (broad SMARTS) is 1. The second kappa shape index (κ2) is 10.1. The van der Waals surface area contributed by atoms with Crippen LogP contribution >= 0.6 is 0 Å². The highest BCUT2D eigenvalue weighted by molar-refractivity contribution is 5.94. The van der Waals surface area contributed by atoms with E-state index < -0.39 is 12.1 Å². The third kappa shape index (κ3) is 5.83. The van der Waals surface area contributed by atoms with E-state index in [1.807, 2.05) is 53.4 Å². The number of benzene rings is 1. The molecule has 1 amide bonds. The molecular formula is C22H23F3N2O5. The number of rotatable bonds is 5. The molecule has 1 aromatic heterocycles. The van der Waals surface area contributed by atoms with Crippen LogP contribution in [-0.2, 0) is 20.9 Å². The summed E-state index contributed by atoms with van der Waals surface area (Å²) in [5, 5.41) is 7.12. The summed E-state index contributed by atoms with van der Waals surface area (Å²) in [6.45, 7) is 3.85. The number of pyridine rings is 1. The Morgan fingerprint density at radius 1 is 1.19 bits per heavy atom. The molecule has 172 valence electrons. The molecule has 0 aliphatic carbocycles.